The van der Waals surface area contributed by atoms with Gasteiger partial charge in [0.25, 0.3) is 0 Å². The standard InChI is InChI=1S/C14H15F3N4/c1-9-4-6-10(7-5-9)21(3)12-8-11(18-2)19-13(20-12)14(15,16)17/h4-8H,1-3H3,(H,18,19,20). The van der Waals surface area contributed by atoms with E-state index in [1.165, 1.54) is 13.1 Å². The summed E-state index contributed by atoms with van der Waals surface area (Å²) in [6, 6.07) is 8.88. The van der Waals surface area contributed by atoms with E-state index in [1.807, 2.05) is 31.2 Å². The van der Waals surface area contributed by atoms with Gasteiger partial charge in [0.1, 0.15) is 11.6 Å². The smallest absolute Gasteiger partial charge is 0.373 e. The first-order chi connectivity index (χ1) is 9.81. The molecule has 0 bridgehead atoms. The van der Waals surface area contributed by atoms with Gasteiger partial charge in [0.05, 0.1) is 0 Å². The Balaban J connectivity index is 2.45. The number of halogens is 3. The van der Waals surface area contributed by atoms with E-state index in [0.717, 1.165) is 11.3 Å². The van der Waals surface area contributed by atoms with Crippen LogP contribution in [-0.4, -0.2) is 24.1 Å². The molecule has 2 aromatic rings. The number of hydrogen-bond donors (Lipinski definition) is 1. The Morgan fingerprint density at radius 1 is 1.10 bits per heavy atom. The Morgan fingerprint density at radius 2 is 1.71 bits per heavy atom. The van der Waals surface area contributed by atoms with E-state index in [9.17, 15) is 13.2 Å². The summed E-state index contributed by atoms with van der Waals surface area (Å²) in [5.41, 5.74) is 1.82. The molecule has 1 heterocycles. The van der Waals surface area contributed by atoms with Crippen molar-refractivity contribution in [1.29, 1.82) is 0 Å². The monoisotopic (exact) mass is 296 g/mol. The SMILES string of the molecule is CNc1cc(N(C)c2ccc(C)cc2)nc(C(F)(F)F)n1. The molecule has 0 aliphatic rings. The zero-order valence-corrected chi connectivity index (χ0v) is 11.9. The summed E-state index contributed by atoms with van der Waals surface area (Å²) in [6.45, 7) is 1.94. The number of nitrogens with zero attached hydrogens (tertiary/aromatic N) is 3. The molecule has 0 aliphatic carbocycles. The van der Waals surface area contributed by atoms with Crippen LogP contribution in [0.25, 0.3) is 0 Å². The van der Waals surface area contributed by atoms with Crippen molar-refractivity contribution in [3.8, 4) is 0 Å². The van der Waals surface area contributed by atoms with Gasteiger partial charge in [-0.15, -0.1) is 0 Å². The third-order valence-corrected chi connectivity index (χ3v) is 2.99. The lowest BCUT2D eigenvalue weighted by atomic mass is 10.2. The van der Waals surface area contributed by atoms with Crippen molar-refractivity contribution in [3.05, 3.63) is 41.7 Å². The van der Waals surface area contributed by atoms with E-state index >= 15 is 0 Å². The van der Waals surface area contributed by atoms with Crippen LogP contribution in [0.3, 0.4) is 0 Å². The van der Waals surface area contributed by atoms with Crippen LogP contribution in [-0.2, 0) is 6.18 Å². The van der Waals surface area contributed by atoms with Crippen LogP contribution in [0.1, 0.15) is 11.4 Å². The van der Waals surface area contributed by atoms with Gasteiger partial charge in [0, 0.05) is 25.8 Å². The van der Waals surface area contributed by atoms with Crippen molar-refractivity contribution >= 4 is 17.3 Å². The van der Waals surface area contributed by atoms with Gasteiger partial charge in [-0.1, -0.05) is 17.7 Å². The molecule has 0 unspecified atom stereocenters. The quantitative estimate of drug-likeness (QED) is 0.939. The second-order valence-corrected chi connectivity index (χ2v) is 4.58. The second kappa shape index (κ2) is 5.59. The number of aromatic nitrogens is 2. The number of alkyl halides is 3. The lowest BCUT2D eigenvalue weighted by molar-refractivity contribution is -0.144. The van der Waals surface area contributed by atoms with Gasteiger partial charge in [0.15, 0.2) is 0 Å². The van der Waals surface area contributed by atoms with E-state index in [2.05, 4.69) is 15.3 Å². The van der Waals surface area contributed by atoms with Gasteiger partial charge in [-0.2, -0.15) is 13.2 Å². The minimum absolute atomic E-state index is 0.117. The highest BCUT2D eigenvalue weighted by molar-refractivity contribution is 5.62. The van der Waals surface area contributed by atoms with Gasteiger partial charge in [-0.25, -0.2) is 9.97 Å². The van der Waals surface area contributed by atoms with Gasteiger partial charge < -0.3 is 10.2 Å². The molecule has 0 radical (unpaired) electrons. The van der Waals surface area contributed by atoms with Crippen molar-refractivity contribution < 1.29 is 13.2 Å². The average molecular weight is 296 g/mol. The molecular weight excluding hydrogens is 281 g/mol. The molecule has 0 saturated carbocycles. The zero-order chi connectivity index (χ0) is 15.6. The van der Waals surface area contributed by atoms with E-state index in [-0.39, 0.29) is 11.6 Å². The van der Waals surface area contributed by atoms with Crippen molar-refractivity contribution in [1.82, 2.24) is 9.97 Å². The molecular formula is C14H15F3N4. The molecule has 1 aromatic carbocycles. The Labute approximate surface area is 120 Å². The molecule has 2 rings (SSSR count). The number of hydrogen-bond acceptors (Lipinski definition) is 4. The third kappa shape index (κ3) is 3.42. The molecule has 0 atom stereocenters. The molecule has 0 fully saturated rings. The fourth-order valence-corrected chi connectivity index (χ4v) is 1.76. The van der Waals surface area contributed by atoms with Crippen molar-refractivity contribution in [2.24, 2.45) is 0 Å². The highest BCUT2D eigenvalue weighted by atomic mass is 19.4. The maximum atomic E-state index is 12.8. The van der Waals surface area contributed by atoms with E-state index in [4.69, 9.17) is 0 Å². The molecule has 0 aliphatic heterocycles. The predicted octanol–water partition coefficient (Wildman–Crippen LogP) is 3.61. The lowest BCUT2D eigenvalue weighted by Gasteiger charge is -2.20. The summed E-state index contributed by atoms with van der Waals surface area (Å²) in [6.07, 6.45) is -4.59. The number of anilines is 3. The Hall–Kier alpha value is -2.31. The van der Waals surface area contributed by atoms with Crippen LogP contribution in [0.5, 0.6) is 0 Å². The summed E-state index contributed by atoms with van der Waals surface area (Å²) in [4.78, 5) is 8.62. The van der Waals surface area contributed by atoms with Crippen LogP contribution < -0.4 is 10.2 Å². The largest absolute Gasteiger partial charge is 0.451 e. The van der Waals surface area contributed by atoms with E-state index in [1.54, 1.807) is 11.9 Å². The normalized spacial score (nSPS) is 11.3. The summed E-state index contributed by atoms with van der Waals surface area (Å²) in [5.74, 6) is -0.875. The van der Waals surface area contributed by atoms with Crippen LogP contribution in [0, 0.1) is 6.92 Å². The Morgan fingerprint density at radius 3 is 2.24 bits per heavy atom. The second-order valence-electron chi connectivity index (χ2n) is 4.58. The number of rotatable bonds is 3. The summed E-state index contributed by atoms with van der Waals surface area (Å²) < 4.78 is 38.5. The fraction of sp³-hybridized carbons (Fsp3) is 0.286. The van der Waals surface area contributed by atoms with Crippen molar-refractivity contribution in [2.45, 2.75) is 13.1 Å². The Bertz CT molecular complexity index is 623. The van der Waals surface area contributed by atoms with E-state index < -0.39 is 12.0 Å². The van der Waals surface area contributed by atoms with Crippen LogP contribution in [0.15, 0.2) is 30.3 Å². The lowest BCUT2D eigenvalue weighted by Crippen LogP contribution is -2.18. The third-order valence-electron chi connectivity index (χ3n) is 2.99. The van der Waals surface area contributed by atoms with Gasteiger partial charge in [0.2, 0.25) is 5.82 Å². The van der Waals surface area contributed by atoms with Crippen LogP contribution in [0.4, 0.5) is 30.5 Å². The minimum atomic E-state index is -4.59. The van der Waals surface area contributed by atoms with Crippen molar-refractivity contribution in [2.75, 3.05) is 24.3 Å². The number of aryl methyl sites for hydroxylation is 1. The molecule has 1 aromatic heterocycles. The highest BCUT2D eigenvalue weighted by Crippen LogP contribution is 2.30. The van der Waals surface area contributed by atoms with E-state index in [0.29, 0.717) is 0 Å². The Kier molecular flexibility index (Phi) is 4.02. The summed E-state index contributed by atoms with van der Waals surface area (Å²) in [7, 11) is 3.17. The first-order valence-corrected chi connectivity index (χ1v) is 6.25. The van der Waals surface area contributed by atoms with Gasteiger partial charge in [-0.05, 0) is 19.1 Å². The molecule has 0 amide bonds. The van der Waals surface area contributed by atoms with Crippen molar-refractivity contribution in [3.63, 3.8) is 0 Å². The minimum Gasteiger partial charge on any atom is -0.373 e. The van der Waals surface area contributed by atoms with Crippen LogP contribution in [0.2, 0.25) is 0 Å². The topological polar surface area (TPSA) is 41.0 Å². The maximum absolute atomic E-state index is 12.8. The highest BCUT2D eigenvalue weighted by Gasteiger charge is 2.35. The summed E-state index contributed by atoms with van der Waals surface area (Å²) >= 11 is 0. The molecule has 0 saturated heterocycles. The molecule has 4 nitrogen and oxygen atoms in total. The van der Waals surface area contributed by atoms with Gasteiger partial charge in [-0.3, -0.25) is 0 Å². The molecule has 21 heavy (non-hydrogen) atoms. The van der Waals surface area contributed by atoms with Gasteiger partial charge >= 0.3 is 6.18 Å². The zero-order valence-electron chi connectivity index (χ0n) is 11.9. The number of benzene rings is 1. The predicted molar refractivity (Wildman–Crippen MR) is 75.8 cm³/mol. The maximum Gasteiger partial charge on any atom is 0.451 e. The molecule has 7 heteroatoms. The fourth-order valence-electron chi connectivity index (χ4n) is 1.76. The first-order valence-electron chi connectivity index (χ1n) is 6.25. The summed E-state index contributed by atoms with van der Waals surface area (Å²) in [5, 5.41) is 2.62. The molecule has 0 spiro atoms. The first kappa shape index (κ1) is 15.1. The van der Waals surface area contributed by atoms with Crippen LogP contribution >= 0.6 is 0 Å². The number of nitrogens with one attached hydrogen (secondary N) is 1. The molecule has 112 valence electrons. The molecule has 1 N–H and O–H groups in total. The average Bonchev–Trinajstić information content (AvgIpc) is 2.46.